The van der Waals surface area contributed by atoms with Crippen LogP contribution in [0.25, 0.3) is 0 Å². The highest BCUT2D eigenvalue weighted by Gasteiger charge is 2.35. The van der Waals surface area contributed by atoms with Gasteiger partial charge in [-0.3, -0.25) is 14.1 Å². The molecule has 110 valence electrons. The highest BCUT2D eigenvalue weighted by Crippen LogP contribution is 2.19. The third-order valence-corrected chi connectivity index (χ3v) is 3.61. The van der Waals surface area contributed by atoms with Crippen LogP contribution in [0.2, 0.25) is 0 Å². The maximum Gasteiger partial charge on any atom is 0.311 e. The van der Waals surface area contributed by atoms with Crippen LogP contribution < -0.4 is 0 Å². The Bertz CT molecular complexity index is 432. The van der Waals surface area contributed by atoms with Crippen molar-refractivity contribution in [3.05, 3.63) is 0 Å². The standard InChI is InChI=1S/C11H19NO6S/c1-2-3-5-18-11(14)9-7-10(13)12(8-9)4-6-19(15,16)17/h9H,2-8H2,1H3,(H,15,16,17). The molecule has 0 aliphatic carbocycles. The van der Waals surface area contributed by atoms with Crippen LogP contribution in [0.5, 0.6) is 0 Å². The van der Waals surface area contributed by atoms with Gasteiger partial charge >= 0.3 is 5.97 Å². The van der Waals surface area contributed by atoms with Crippen molar-refractivity contribution in [2.75, 3.05) is 25.4 Å². The predicted molar refractivity (Wildman–Crippen MR) is 67.0 cm³/mol. The smallest absolute Gasteiger partial charge is 0.311 e. The lowest BCUT2D eigenvalue weighted by Crippen LogP contribution is -2.31. The molecule has 8 heteroatoms. The molecule has 1 rings (SSSR count). The summed E-state index contributed by atoms with van der Waals surface area (Å²) >= 11 is 0. The summed E-state index contributed by atoms with van der Waals surface area (Å²) in [5, 5.41) is 0. The third-order valence-electron chi connectivity index (χ3n) is 2.91. The number of unbranched alkanes of at least 4 members (excludes halogenated alkanes) is 1. The van der Waals surface area contributed by atoms with E-state index in [2.05, 4.69) is 0 Å². The zero-order valence-electron chi connectivity index (χ0n) is 10.9. The van der Waals surface area contributed by atoms with Gasteiger partial charge in [0.2, 0.25) is 5.91 Å². The van der Waals surface area contributed by atoms with Gasteiger partial charge in [0.05, 0.1) is 18.3 Å². The second-order valence-electron chi connectivity index (χ2n) is 4.55. The fourth-order valence-corrected chi connectivity index (χ4v) is 2.26. The molecule has 1 saturated heterocycles. The lowest BCUT2D eigenvalue weighted by atomic mass is 10.1. The Labute approximate surface area is 112 Å². The minimum Gasteiger partial charge on any atom is -0.465 e. The van der Waals surface area contributed by atoms with Crippen LogP contribution in [0.4, 0.5) is 0 Å². The van der Waals surface area contributed by atoms with E-state index in [4.69, 9.17) is 9.29 Å². The number of nitrogens with zero attached hydrogens (tertiary/aromatic N) is 1. The van der Waals surface area contributed by atoms with Gasteiger partial charge in [0.25, 0.3) is 10.1 Å². The topological polar surface area (TPSA) is 101 Å². The molecule has 0 aromatic heterocycles. The Kier molecular flexibility index (Phi) is 5.74. The lowest BCUT2D eigenvalue weighted by Gasteiger charge is -2.15. The van der Waals surface area contributed by atoms with Crippen molar-refractivity contribution in [3.8, 4) is 0 Å². The zero-order chi connectivity index (χ0) is 14.5. The number of ether oxygens (including phenoxy) is 1. The number of rotatable bonds is 7. The van der Waals surface area contributed by atoms with Crippen LogP contribution in [0.15, 0.2) is 0 Å². The molecule has 0 radical (unpaired) electrons. The molecule has 0 spiro atoms. The van der Waals surface area contributed by atoms with E-state index in [1.165, 1.54) is 4.90 Å². The molecular weight excluding hydrogens is 274 g/mol. The molecule has 1 aliphatic heterocycles. The van der Waals surface area contributed by atoms with Gasteiger partial charge in [-0.25, -0.2) is 0 Å². The Morgan fingerprint density at radius 2 is 2.21 bits per heavy atom. The average molecular weight is 293 g/mol. The van der Waals surface area contributed by atoms with Crippen molar-refractivity contribution in [1.82, 2.24) is 4.90 Å². The van der Waals surface area contributed by atoms with Crippen LogP contribution in [0, 0.1) is 5.92 Å². The summed E-state index contributed by atoms with van der Waals surface area (Å²) in [6.45, 7) is 2.37. The van der Waals surface area contributed by atoms with E-state index >= 15 is 0 Å². The first-order chi connectivity index (χ1) is 8.83. The Morgan fingerprint density at radius 3 is 2.79 bits per heavy atom. The van der Waals surface area contributed by atoms with Crippen LogP contribution in [0.1, 0.15) is 26.2 Å². The summed E-state index contributed by atoms with van der Waals surface area (Å²) in [6, 6.07) is 0. The molecule has 1 N–H and O–H groups in total. The number of hydrogen-bond acceptors (Lipinski definition) is 5. The van der Waals surface area contributed by atoms with Crippen molar-refractivity contribution < 1.29 is 27.3 Å². The van der Waals surface area contributed by atoms with Gasteiger partial charge in [0, 0.05) is 19.5 Å². The number of amides is 1. The van der Waals surface area contributed by atoms with Gasteiger partial charge in [-0.2, -0.15) is 8.42 Å². The molecule has 1 atom stereocenters. The van der Waals surface area contributed by atoms with E-state index in [9.17, 15) is 18.0 Å². The summed E-state index contributed by atoms with van der Waals surface area (Å²) in [5.41, 5.74) is 0. The average Bonchev–Trinajstić information content (AvgIpc) is 2.67. The first kappa shape index (κ1) is 15.9. The third kappa shape index (κ3) is 5.56. The normalized spacial score (nSPS) is 19.8. The van der Waals surface area contributed by atoms with Crippen molar-refractivity contribution in [2.24, 2.45) is 5.92 Å². The SMILES string of the molecule is CCCCOC(=O)C1CC(=O)N(CCS(=O)(=O)O)C1. The molecule has 1 unspecified atom stereocenters. The Balaban J connectivity index is 2.41. The highest BCUT2D eigenvalue weighted by atomic mass is 32.2. The van der Waals surface area contributed by atoms with E-state index < -0.39 is 27.8 Å². The number of esters is 1. The molecule has 7 nitrogen and oxygen atoms in total. The van der Waals surface area contributed by atoms with Crippen molar-refractivity contribution in [1.29, 1.82) is 0 Å². The number of carbonyl (C=O) groups is 2. The first-order valence-corrected chi connectivity index (χ1v) is 7.84. The molecule has 19 heavy (non-hydrogen) atoms. The highest BCUT2D eigenvalue weighted by molar-refractivity contribution is 7.85. The number of carbonyl (C=O) groups excluding carboxylic acids is 2. The summed E-state index contributed by atoms with van der Waals surface area (Å²) in [4.78, 5) is 24.5. The Hall–Kier alpha value is -1.15. The van der Waals surface area contributed by atoms with Crippen LogP contribution in [0.3, 0.4) is 0 Å². The summed E-state index contributed by atoms with van der Waals surface area (Å²) in [6.07, 6.45) is 1.73. The van der Waals surface area contributed by atoms with E-state index in [1.807, 2.05) is 6.92 Å². The van der Waals surface area contributed by atoms with E-state index in [-0.39, 0.29) is 25.4 Å². The van der Waals surface area contributed by atoms with Gasteiger partial charge in [-0.1, -0.05) is 13.3 Å². The second-order valence-corrected chi connectivity index (χ2v) is 6.12. The van der Waals surface area contributed by atoms with Crippen LogP contribution in [-0.4, -0.2) is 55.2 Å². The predicted octanol–water partition coefficient (Wildman–Crippen LogP) is 0.0660. The molecular formula is C11H19NO6S. The molecule has 1 fully saturated rings. The summed E-state index contributed by atoms with van der Waals surface area (Å²) in [7, 11) is -4.10. The molecule has 0 aromatic rings. The van der Waals surface area contributed by atoms with Gasteiger partial charge in [-0.15, -0.1) is 0 Å². The quantitative estimate of drug-likeness (QED) is 0.405. The van der Waals surface area contributed by atoms with E-state index in [1.54, 1.807) is 0 Å². The first-order valence-electron chi connectivity index (χ1n) is 6.23. The minimum atomic E-state index is -4.10. The number of likely N-dealkylation sites (tertiary alicyclic amines) is 1. The van der Waals surface area contributed by atoms with Gasteiger partial charge < -0.3 is 9.64 Å². The largest absolute Gasteiger partial charge is 0.465 e. The van der Waals surface area contributed by atoms with Crippen molar-refractivity contribution in [3.63, 3.8) is 0 Å². The van der Waals surface area contributed by atoms with E-state index in [0.717, 1.165) is 12.8 Å². The molecule has 1 amide bonds. The van der Waals surface area contributed by atoms with Crippen LogP contribution >= 0.6 is 0 Å². The van der Waals surface area contributed by atoms with Gasteiger partial charge in [-0.05, 0) is 6.42 Å². The molecule has 0 bridgehead atoms. The molecule has 1 aliphatic rings. The molecule has 0 aromatic carbocycles. The second kappa shape index (κ2) is 6.85. The summed E-state index contributed by atoms with van der Waals surface area (Å²) < 4.78 is 34.9. The van der Waals surface area contributed by atoms with Crippen LogP contribution in [-0.2, 0) is 24.4 Å². The van der Waals surface area contributed by atoms with Crippen molar-refractivity contribution >= 4 is 22.0 Å². The zero-order valence-corrected chi connectivity index (χ0v) is 11.7. The molecule has 0 saturated carbocycles. The maximum atomic E-state index is 11.6. The monoisotopic (exact) mass is 293 g/mol. The summed E-state index contributed by atoms with van der Waals surface area (Å²) in [5.74, 6) is -1.76. The minimum absolute atomic E-state index is 0.0381. The molecule has 1 heterocycles. The van der Waals surface area contributed by atoms with E-state index in [0.29, 0.717) is 6.61 Å². The van der Waals surface area contributed by atoms with Crippen molar-refractivity contribution in [2.45, 2.75) is 26.2 Å². The fourth-order valence-electron chi connectivity index (χ4n) is 1.81. The lowest BCUT2D eigenvalue weighted by molar-refractivity contribution is -0.148. The van der Waals surface area contributed by atoms with Gasteiger partial charge in [0.15, 0.2) is 0 Å². The number of hydrogen-bond donors (Lipinski definition) is 1. The van der Waals surface area contributed by atoms with Gasteiger partial charge in [0.1, 0.15) is 0 Å². The Morgan fingerprint density at radius 1 is 1.53 bits per heavy atom. The maximum absolute atomic E-state index is 11.6. The fraction of sp³-hybridized carbons (Fsp3) is 0.818.